The van der Waals surface area contributed by atoms with Gasteiger partial charge in [-0.3, -0.25) is 4.79 Å². The Labute approximate surface area is 169 Å². The molecule has 1 amide bonds. The molecule has 0 aliphatic carbocycles. The van der Waals surface area contributed by atoms with E-state index in [0.29, 0.717) is 18.7 Å². The summed E-state index contributed by atoms with van der Waals surface area (Å²) in [5, 5.41) is 4.13. The van der Waals surface area contributed by atoms with Gasteiger partial charge in [0.2, 0.25) is 0 Å². The summed E-state index contributed by atoms with van der Waals surface area (Å²) >= 11 is 0. The lowest BCUT2D eigenvalue weighted by Crippen LogP contribution is -2.32. The molecule has 0 aliphatic heterocycles. The summed E-state index contributed by atoms with van der Waals surface area (Å²) < 4.78 is 7.28. The first kappa shape index (κ1) is 19.2. The Morgan fingerprint density at radius 3 is 2.69 bits per heavy atom. The number of nitrogens with zero attached hydrogens (tertiary/aromatic N) is 2. The van der Waals surface area contributed by atoms with Crippen LogP contribution in [0.5, 0.6) is 0 Å². The van der Waals surface area contributed by atoms with E-state index >= 15 is 0 Å². The predicted octanol–water partition coefficient (Wildman–Crippen LogP) is 4.29. The molecule has 2 aromatic carbocycles. The van der Waals surface area contributed by atoms with Crippen molar-refractivity contribution < 1.29 is 9.53 Å². The van der Waals surface area contributed by atoms with E-state index in [-0.39, 0.29) is 17.9 Å². The van der Waals surface area contributed by atoms with Gasteiger partial charge in [0.15, 0.2) is 0 Å². The zero-order chi connectivity index (χ0) is 20.4. The number of ether oxygens (including phenoxy) is 1. The lowest BCUT2D eigenvalue weighted by atomic mass is 10.0. The monoisotopic (exact) mass is 390 g/mol. The highest BCUT2D eigenvalue weighted by molar-refractivity contribution is 6.07. The van der Waals surface area contributed by atoms with Crippen molar-refractivity contribution in [3.63, 3.8) is 0 Å². The van der Waals surface area contributed by atoms with E-state index in [1.54, 1.807) is 7.11 Å². The molecule has 0 bridgehead atoms. The lowest BCUT2D eigenvalue weighted by Gasteiger charge is -2.20. The van der Waals surface area contributed by atoms with Crippen LogP contribution in [0.2, 0.25) is 0 Å². The minimum absolute atomic E-state index is 0.100. The number of imidazole rings is 1. The van der Waals surface area contributed by atoms with Gasteiger partial charge in [0.05, 0.1) is 29.2 Å². The first-order valence-corrected chi connectivity index (χ1v) is 9.91. The van der Waals surface area contributed by atoms with Crippen molar-refractivity contribution in [3.8, 4) is 0 Å². The van der Waals surface area contributed by atoms with Crippen LogP contribution in [0.4, 0.5) is 0 Å². The van der Waals surface area contributed by atoms with Gasteiger partial charge in [-0.25, -0.2) is 4.98 Å². The highest BCUT2D eigenvalue weighted by Crippen LogP contribution is 2.25. The van der Waals surface area contributed by atoms with Crippen LogP contribution in [-0.4, -0.2) is 34.2 Å². The summed E-state index contributed by atoms with van der Waals surface area (Å²) in [6.07, 6.45) is 1.91. The quantitative estimate of drug-likeness (QED) is 0.494. The van der Waals surface area contributed by atoms with Crippen LogP contribution in [0, 0.1) is 5.92 Å². The predicted molar refractivity (Wildman–Crippen MR) is 115 cm³/mol. The van der Waals surface area contributed by atoms with E-state index in [2.05, 4.69) is 28.7 Å². The van der Waals surface area contributed by atoms with Gasteiger partial charge in [-0.1, -0.05) is 44.2 Å². The third-order valence-corrected chi connectivity index (χ3v) is 5.23. The number of H-pyrrole nitrogens is 1. The van der Waals surface area contributed by atoms with E-state index in [1.807, 2.05) is 54.7 Å². The second-order valence-electron chi connectivity index (χ2n) is 7.58. The van der Waals surface area contributed by atoms with Crippen LogP contribution < -0.4 is 5.32 Å². The normalized spacial score (nSPS) is 12.7. The van der Waals surface area contributed by atoms with Crippen LogP contribution >= 0.6 is 0 Å². The Morgan fingerprint density at radius 2 is 1.93 bits per heavy atom. The topological polar surface area (TPSA) is 71.9 Å². The molecule has 0 saturated carbocycles. The van der Waals surface area contributed by atoms with Gasteiger partial charge in [0.1, 0.15) is 5.82 Å². The minimum Gasteiger partial charge on any atom is -0.383 e. The number of carbonyl (C=O) groups is 1. The van der Waals surface area contributed by atoms with E-state index < -0.39 is 0 Å². The number of amides is 1. The molecule has 0 saturated heterocycles. The van der Waals surface area contributed by atoms with Crippen molar-refractivity contribution >= 4 is 27.8 Å². The molecule has 0 aliphatic rings. The Morgan fingerprint density at radius 1 is 1.17 bits per heavy atom. The molecule has 1 atom stereocenters. The van der Waals surface area contributed by atoms with Gasteiger partial charge in [-0.05, 0) is 24.1 Å². The second-order valence-corrected chi connectivity index (χ2v) is 7.58. The molecule has 29 heavy (non-hydrogen) atoms. The maximum atomic E-state index is 13.3. The lowest BCUT2D eigenvalue weighted by molar-refractivity contribution is 0.0924. The van der Waals surface area contributed by atoms with Crippen molar-refractivity contribution in [1.82, 2.24) is 19.9 Å². The Kier molecular flexibility index (Phi) is 5.36. The summed E-state index contributed by atoms with van der Waals surface area (Å²) in [6, 6.07) is 15.6. The first-order valence-electron chi connectivity index (χ1n) is 9.91. The molecule has 4 rings (SSSR count). The number of carbonyl (C=O) groups excluding carboxylic acids is 1. The first-order chi connectivity index (χ1) is 14.1. The van der Waals surface area contributed by atoms with Crippen LogP contribution in [0.25, 0.3) is 21.9 Å². The number of fused-ring (bicyclic) bond motifs is 2. The van der Waals surface area contributed by atoms with Crippen molar-refractivity contribution in [3.05, 3.63) is 66.1 Å². The third kappa shape index (κ3) is 3.76. The van der Waals surface area contributed by atoms with Crippen LogP contribution in [-0.2, 0) is 11.3 Å². The summed E-state index contributed by atoms with van der Waals surface area (Å²) in [6.45, 7) is 5.45. The SMILES string of the molecule is COCCn1cc(C(=O)NC(c2nc3ccccc3[nH]2)C(C)C)c2ccccc21. The van der Waals surface area contributed by atoms with Crippen molar-refractivity contribution in [2.45, 2.75) is 26.4 Å². The van der Waals surface area contributed by atoms with Gasteiger partial charge >= 0.3 is 0 Å². The summed E-state index contributed by atoms with van der Waals surface area (Å²) in [5.41, 5.74) is 3.56. The molecule has 2 N–H and O–H groups in total. The molecule has 2 heterocycles. The largest absolute Gasteiger partial charge is 0.383 e. The van der Waals surface area contributed by atoms with Crippen LogP contribution in [0.3, 0.4) is 0 Å². The van der Waals surface area contributed by atoms with Crippen molar-refractivity contribution in [1.29, 1.82) is 0 Å². The fourth-order valence-electron chi connectivity index (χ4n) is 3.69. The smallest absolute Gasteiger partial charge is 0.254 e. The highest BCUT2D eigenvalue weighted by Gasteiger charge is 2.24. The number of para-hydroxylation sites is 3. The summed E-state index contributed by atoms with van der Waals surface area (Å²) in [4.78, 5) is 21.3. The fourth-order valence-corrected chi connectivity index (χ4v) is 3.69. The molecule has 150 valence electrons. The average Bonchev–Trinajstić information content (AvgIpc) is 3.31. The van der Waals surface area contributed by atoms with Gasteiger partial charge in [-0.15, -0.1) is 0 Å². The van der Waals surface area contributed by atoms with Crippen molar-refractivity contribution in [2.75, 3.05) is 13.7 Å². The number of nitrogens with one attached hydrogen (secondary N) is 2. The van der Waals surface area contributed by atoms with E-state index in [9.17, 15) is 4.79 Å². The van der Waals surface area contributed by atoms with Gasteiger partial charge < -0.3 is 19.6 Å². The standard InChI is InChI=1S/C23H26N4O2/c1-15(2)21(22-24-18-9-5-6-10-19(18)25-22)26-23(28)17-14-27(12-13-29-3)20-11-7-4-8-16(17)20/h4-11,14-15,21H,12-13H2,1-3H3,(H,24,25)(H,26,28). The zero-order valence-corrected chi connectivity index (χ0v) is 17.0. The fraction of sp³-hybridized carbons (Fsp3) is 0.304. The average molecular weight is 390 g/mol. The number of rotatable bonds is 7. The maximum Gasteiger partial charge on any atom is 0.254 e. The minimum atomic E-state index is -0.212. The Hall–Kier alpha value is -3.12. The molecule has 1 unspecified atom stereocenters. The van der Waals surface area contributed by atoms with Crippen molar-refractivity contribution in [2.24, 2.45) is 5.92 Å². The van der Waals surface area contributed by atoms with Gasteiger partial charge in [0, 0.05) is 30.8 Å². The number of methoxy groups -OCH3 is 1. The number of hydrogen-bond acceptors (Lipinski definition) is 3. The molecule has 0 spiro atoms. The third-order valence-electron chi connectivity index (χ3n) is 5.23. The number of benzene rings is 2. The molecule has 0 radical (unpaired) electrons. The summed E-state index contributed by atoms with van der Waals surface area (Å²) in [7, 11) is 1.68. The molecule has 2 aromatic heterocycles. The maximum absolute atomic E-state index is 13.3. The van der Waals surface area contributed by atoms with Crippen LogP contribution in [0.1, 0.15) is 36.1 Å². The molecule has 0 fully saturated rings. The van der Waals surface area contributed by atoms with E-state index in [4.69, 9.17) is 9.72 Å². The second kappa shape index (κ2) is 8.09. The molecular weight excluding hydrogens is 364 g/mol. The van der Waals surface area contributed by atoms with Gasteiger partial charge in [-0.2, -0.15) is 0 Å². The number of hydrogen-bond donors (Lipinski definition) is 2. The molecule has 6 nitrogen and oxygen atoms in total. The zero-order valence-electron chi connectivity index (χ0n) is 17.0. The summed E-state index contributed by atoms with van der Waals surface area (Å²) in [5.74, 6) is 0.857. The highest BCUT2D eigenvalue weighted by atomic mass is 16.5. The molecular formula is C23H26N4O2. The van der Waals surface area contributed by atoms with E-state index in [1.165, 1.54) is 0 Å². The Balaban J connectivity index is 1.66. The number of aromatic amines is 1. The molecule has 6 heteroatoms. The molecule has 4 aromatic rings. The van der Waals surface area contributed by atoms with E-state index in [0.717, 1.165) is 27.8 Å². The Bertz CT molecular complexity index is 1110. The van der Waals surface area contributed by atoms with Crippen LogP contribution in [0.15, 0.2) is 54.7 Å². The van der Waals surface area contributed by atoms with Gasteiger partial charge in [0.25, 0.3) is 5.91 Å². The number of aromatic nitrogens is 3.